The summed E-state index contributed by atoms with van der Waals surface area (Å²) in [5, 5.41) is 14.4. The fourth-order valence-electron chi connectivity index (χ4n) is 10.7. The molecule has 10 aromatic rings. The van der Waals surface area contributed by atoms with Crippen LogP contribution < -0.4 is 30.0 Å². The Morgan fingerprint density at radius 2 is 0.835 bits per heavy atom. The van der Waals surface area contributed by atoms with E-state index in [2.05, 4.69) is 59.5 Å². The van der Waals surface area contributed by atoms with Crippen LogP contribution in [-0.4, -0.2) is 77.7 Å². The van der Waals surface area contributed by atoms with Crippen LogP contribution in [0.2, 0.25) is 0 Å². The van der Waals surface area contributed by atoms with Gasteiger partial charge in [-0.1, -0.05) is 84.9 Å². The first kappa shape index (κ1) is 66.8. The molecule has 10 rings (SSSR count). The Kier molecular flexibility index (Phi) is 21.3. The number of carboxylic acids is 1. The van der Waals surface area contributed by atoms with Crippen molar-refractivity contribution in [3.05, 3.63) is 237 Å². The molecule has 4 N–H and O–H groups in total. The number of rotatable bonds is 17. The van der Waals surface area contributed by atoms with E-state index < -0.39 is 17.2 Å². The quantitative estimate of drug-likeness (QED) is 0.0732. The van der Waals surface area contributed by atoms with E-state index in [1.165, 1.54) is 0 Å². The minimum atomic E-state index is -0.922. The molecule has 472 valence electrons. The summed E-state index contributed by atoms with van der Waals surface area (Å²) in [5.74, 6) is 1.16. The third-order valence-electron chi connectivity index (χ3n) is 15.6. The zero-order valence-electron chi connectivity index (χ0n) is 54.5. The Hall–Kier alpha value is -10.1. The molecule has 15 nitrogen and oxygen atoms in total. The fraction of sp³-hybridized carbons (Fsp3) is 0.263. The smallest absolute Gasteiger partial charge is 0.339 e. The first-order chi connectivity index (χ1) is 43.3. The summed E-state index contributed by atoms with van der Waals surface area (Å²) < 4.78 is 36.5. The number of carbonyl (C=O) groups is 4. The van der Waals surface area contributed by atoms with Crippen molar-refractivity contribution < 1.29 is 52.7 Å². The summed E-state index contributed by atoms with van der Waals surface area (Å²) in [6, 6.07) is 53.8. The predicted octanol–water partition coefficient (Wildman–Crippen LogP) is 15.7. The lowest BCUT2D eigenvalue weighted by atomic mass is 9.98. The molecule has 8 aromatic carbocycles. The van der Waals surface area contributed by atoms with Gasteiger partial charge < -0.3 is 53.7 Å². The molecule has 0 spiro atoms. The molecule has 0 saturated carbocycles. The number of nitrogens with zero attached hydrogens (tertiary/aromatic N) is 2. The number of carboxylic acid groups (broad SMARTS) is 1. The first-order valence-electron chi connectivity index (χ1n) is 30.0. The largest absolute Gasteiger partial charge is 0.497 e. The highest BCUT2D eigenvalue weighted by Crippen LogP contribution is 2.33. The molecule has 0 unspecified atom stereocenters. The lowest BCUT2D eigenvalue weighted by Crippen LogP contribution is -2.24. The highest BCUT2D eigenvalue weighted by atomic mass is 16.6. The van der Waals surface area contributed by atoms with E-state index in [0.29, 0.717) is 59.9 Å². The van der Waals surface area contributed by atoms with Gasteiger partial charge in [0.25, 0.3) is 5.91 Å². The molecule has 0 atom stereocenters. The molecule has 0 bridgehead atoms. The molecular weight excluding hydrogens is 1140 g/mol. The number of methoxy groups -OCH3 is 4. The summed E-state index contributed by atoms with van der Waals surface area (Å²) in [6.45, 7) is 21.7. The Labute approximate surface area is 533 Å². The van der Waals surface area contributed by atoms with Gasteiger partial charge in [0.05, 0.1) is 45.1 Å². The number of esters is 2. The summed E-state index contributed by atoms with van der Waals surface area (Å²) in [5.41, 5.74) is 20.6. The van der Waals surface area contributed by atoms with Crippen molar-refractivity contribution in [2.45, 2.75) is 107 Å². The topological polar surface area (TPSA) is 192 Å². The van der Waals surface area contributed by atoms with Crippen molar-refractivity contribution in [2.24, 2.45) is 5.73 Å². The third-order valence-corrected chi connectivity index (χ3v) is 15.6. The summed E-state index contributed by atoms with van der Waals surface area (Å²) in [7, 11) is 6.45. The summed E-state index contributed by atoms with van der Waals surface area (Å²) in [6.07, 6.45) is 0. The van der Waals surface area contributed by atoms with Crippen LogP contribution in [0.15, 0.2) is 170 Å². The molecular formula is C76H82N4O11. The summed E-state index contributed by atoms with van der Waals surface area (Å²) in [4.78, 5) is 50.1. The Balaban J connectivity index is 0.000000203. The van der Waals surface area contributed by atoms with Gasteiger partial charge in [0.1, 0.15) is 34.2 Å². The van der Waals surface area contributed by atoms with Crippen LogP contribution in [0.1, 0.15) is 128 Å². The Bertz CT molecular complexity index is 4180. The van der Waals surface area contributed by atoms with Crippen LogP contribution in [0.5, 0.6) is 23.0 Å². The fourth-order valence-corrected chi connectivity index (χ4v) is 10.7. The number of nitrogens with two attached hydrogens (primary N) is 1. The van der Waals surface area contributed by atoms with Gasteiger partial charge in [-0.25, -0.2) is 14.4 Å². The number of carbonyl (C=O) groups excluding carboxylic acids is 3. The number of aromatic carboxylic acids is 1. The molecule has 0 fully saturated rings. The van der Waals surface area contributed by atoms with Crippen LogP contribution in [0.25, 0.3) is 44.1 Å². The van der Waals surface area contributed by atoms with Crippen LogP contribution in [0.4, 0.5) is 0 Å². The van der Waals surface area contributed by atoms with E-state index in [9.17, 15) is 24.3 Å². The molecule has 0 aliphatic heterocycles. The molecule has 91 heavy (non-hydrogen) atoms. The second-order valence-corrected chi connectivity index (χ2v) is 24.2. The number of ether oxygens (including phenoxy) is 6. The maximum atomic E-state index is 13.1. The standard InChI is InChI=1S/C38H40N2O5.C29H29NO4.C9H13NO2/c1-24-25(2)40(23-26-12-14-28(15-13-26)32-10-8-9-11-33(32)37(42)45-38(3,4)5)35-17-16-29(20-34(24)35)36(41)39-22-27-18-30(43-6)21-31(19-27)44-7;1-18-19(2)30(26-15-14-22(27(31)32)16-25(18)26)17-20-10-12-21(13-11-20)23-8-6-7-9-24(23)28(33)34-29(3,4)5;1-11-8-3-7(6-10)4-9(5-8)12-2/h8-21H,22-23H2,1-7H3,(H,39,41);6-16H,17H2,1-5H3,(H,31,32);3-5H,6,10H2,1-2H3. The van der Waals surface area contributed by atoms with Crippen molar-refractivity contribution in [3.8, 4) is 45.3 Å². The Morgan fingerprint density at radius 3 is 1.21 bits per heavy atom. The second-order valence-electron chi connectivity index (χ2n) is 24.2. The van der Waals surface area contributed by atoms with Gasteiger partial charge in [0.15, 0.2) is 0 Å². The van der Waals surface area contributed by atoms with E-state index in [1.807, 2.05) is 164 Å². The third kappa shape index (κ3) is 16.6. The minimum absolute atomic E-state index is 0.147. The van der Waals surface area contributed by atoms with E-state index in [1.54, 1.807) is 58.8 Å². The molecule has 0 saturated heterocycles. The SMILES string of the molecule is COc1cc(CN)cc(OC)c1.COc1cc(CNC(=O)c2ccc3c(c2)c(C)c(C)n3Cc2ccc(-c3ccccc3C(=O)OC(C)(C)C)cc2)cc(OC)c1.Cc1c(C)n(Cc2ccc(-c3ccccc3C(=O)OC(C)(C)C)cc2)c2ccc(C(=O)O)cc12. The average molecular weight is 1230 g/mol. The van der Waals surface area contributed by atoms with Gasteiger partial charge in [-0.15, -0.1) is 0 Å². The van der Waals surface area contributed by atoms with Crippen molar-refractivity contribution in [3.63, 3.8) is 0 Å². The van der Waals surface area contributed by atoms with E-state index in [4.69, 9.17) is 34.2 Å². The number of amides is 1. The van der Waals surface area contributed by atoms with Gasteiger partial charge in [0.2, 0.25) is 0 Å². The molecule has 2 heterocycles. The molecule has 0 aliphatic rings. The molecule has 0 aliphatic carbocycles. The van der Waals surface area contributed by atoms with Crippen LogP contribution in [-0.2, 0) is 35.7 Å². The first-order valence-corrected chi connectivity index (χ1v) is 30.0. The number of benzene rings is 8. The predicted molar refractivity (Wildman–Crippen MR) is 360 cm³/mol. The zero-order valence-corrected chi connectivity index (χ0v) is 54.5. The zero-order chi connectivity index (χ0) is 65.9. The van der Waals surface area contributed by atoms with Gasteiger partial charge in [-0.05, 0) is 198 Å². The number of hydrogen-bond acceptors (Lipinski definition) is 11. The molecule has 1 amide bonds. The second kappa shape index (κ2) is 29.0. The average Bonchev–Trinajstić information content (AvgIpc) is 1.65. The normalized spacial score (nSPS) is 11.2. The van der Waals surface area contributed by atoms with E-state index in [-0.39, 0.29) is 17.8 Å². The Morgan fingerprint density at radius 1 is 0.462 bits per heavy atom. The highest BCUT2D eigenvalue weighted by molar-refractivity contribution is 6.00. The number of fused-ring (bicyclic) bond motifs is 2. The van der Waals surface area contributed by atoms with Crippen LogP contribution in [0.3, 0.4) is 0 Å². The van der Waals surface area contributed by atoms with Crippen molar-refractivity contribution >= 4 is 45.6 Å². The minimum Gasteiger partial charge on any atom is -0.497 e. The van der Waals surface area contributed by atoms with Crippen molar-refractivity contribution in [2.75, 3.05) is 28.4 Å². The van der Waals surface area contributed by atoms with E-state index in [0.717, 1.165) is 100 Å². The monoisotopic (exact) mass is 1230 g/mol. The summed E-state index contributed by atoms with van der Waals surface area (Å²) >= 11 is 0. The molecule has 0 radical (unpaired) electrons. The van der Waals surface area contributed by atoms with Gasteiger partial charge in [-0.2, -0.15) is 0 Å². The van der Waals surface area contributed by atoms with Crippen molar-refractivity contribution in [1.29, 1.82) is 0 Å². The van der Waals surface area contributed by atoms with Crippen molar-refractivity contribution in [1.82, 2.24) is 14.5 Å². The van der Waals surface area contributed by atoms with Crippen LogP contribution in [0, 0.1) is 27.7 Å². The maximum Gasteiger partial charge on any atom is 0.339 e. The molecule has 2 aromatic heterocycles. The number of nitrogens with one attached hydrogen (secondary N) is 1. The lowest BCUT2D eigenvalue weighted by molar-refractivity contribution is 0.00578. The molecule has 15 heteroatoms. The van der Waals surface area contributed by atoms with E-state index >= 15 is 0 Å². The van der Waals surface area contributed by atoms with Crippen LogP contribution >= 0.6 is 0 Å². The highest BCUT2D eigenvalue weighted by Gasteiger charge is 2.23. The number of hydrogen-bond donors (Lipinski definition) is 3. The number of aromatic nitrogens is 2. The lowest BCUT2D eigenvalue weighted by Gasteiger charge is -2.20. The maximum absolute atomic E-state index is 13.1. The van der Waals surface area contributed by atoms with Gasteiger partial charge in [-0.3, -0.25) is 4.79 Å². The van der Waals surface area contributed by atoms with Gasteiger partial charge in [0, 0.05) is 77.1 Å². The van der Waals surface area contributed by atoms with Gasteiger partial charge >= 0.3 is 17.9 Å². The number of aryl methyl sites for hydroxylation is 2.